The molecule has 0 aliphatic carbocycles. The first-order valence-corrected chi connectivity index (χ1v) is 6.10. The lowest BCUT2D eigenvalue weighted by molar-refractivity contribution is -0.143. The average molecular weight is 289 g/mol. The number of rotatable bonds is 4. The molecule has 0 aliphatic rings. The van der Waals surface area contributed by atoms with Crippen molar-refractivity contribution in [3.63, 3.8) is 0 Å². The Kier molecular flexibility index (Phi) is 4.99. The van der Waals surface area contributed by atoms with E-state index in [0.29, 0.717) is 5.69 Å². The summed E-state index contributed by atoms with van der Waals surface area (Å²) in [6.45, 7) is 3.53. The van der Waals surface area contributed by atoms with Crippen molar-refractivity contribution < 1.29 is 18.0 Å². The molecule has 3 N–H and O–H groups in total. The summed E-state index contributed by atoms with van der Waals surface area (Å²) in [5, 5.41) is 0. The fraction of sp³-hybridized carbons (Fsp3) is 0.462. The van der Waals surface area contributed by atoms with E-state index in [4.69, 9.17) is 5.84 Å². The molecular weight excluding hydrogens is 271 g/mol. The summed E-state index contributed by atoms with van der Waals surface area (Å²) in [7, 11) is 0. The summed E-state index contributed by atoms with van der Waals surface area (Å²) >= 11 is 0. The minimum atomic E-state index is -4.44. The minimum Gasteiger partial charge on any atom is -0.327 e. The van der Waals surface area contributed by atoms with Gasteiger partial charge in [0.05, 0.1) is 11.3 Å². The zero-order valence-corrected chi connectivity index (χ0v) is 11.6. The summed E-state index contributed by atoms with van der Waals surface area (Å²) in [5.41, 5.74) is 3.53. The number of nitrogens with one attached hydrogen (secondary N) is 1. The van der Waals surface area contributed by atoms with E-state index in [2.05, 4.69) is 5.43 Å². The van der Waals surface area contributed by atoms with E-state index in [-0.39, 0.29) is 5.56 Å². The topological polar surface area (TPSA) is 58.4 Å². The van der Waals surface area contributed by atoms with Gasteiger partial charge in [-0.05, 0) is 32.9 Å². The smallest absolute Gasteiger partial charge is 0.327 e. The van der Waals surface area contributed by atoms with E-state index < -0.39 is 24.7 Å². The molecule has 1 amide bonds. The lowest BCUT2D eigenvalue weighted by Crippen LogP contribution is -2.43. The molecule has 0 heterocycles. The molecule has 112 valence electrons. The molecule has 0 saturated carbocycles. The molecule has 0 aromatic heterocycles. The number of hydrogen-bond acceptors (Lipinski definition) is 3. The van der Waals surface area contributed by atoms with Crippen molar-refractivity contribution in [1.82, 2.24) is 4.90 Å². The summed E-state index contributed by atoms with van der Waals surface area (Å²) < 4.78 is 37.7. The number of carbonyl (C=O) groups excluding carboxylic acids is 1. The monoisotopic (exact) mass is 289 g/mol. The van der Waals surface area contributed by atoms with Gasteiger partial charge in [0.25, 0.3) is 5.91 Å². The summed E-state index contributed by atoms with van der Waals surface area (Å²) in [4.78, 5) is 13.1. The highest BCUT2D eigenvalue weighted by atomic mass is 19.4. The Hall–Kier alpha value is -1.76. The number of hydrogen-bond donors (Lipinski definition) is 2. The maximum Gasteiger partial charge on any atom is 0.406 e. The van der Waals surface area contributed by atoms with Gasteiger partial charge in [0.1, 0.15) is 6.54 Å². The Morgan fingerprint density at radius 1 is 1.40 bits per heavy atom. The molecule has 0 fully saturated rings. The molecule has 0 saturated heterocycles. The number of benzene rings is 1. The molecule has 20 heavy (non-hydrogen) atoms. The third-order valence-electron chi connectivity index (χ3n) is 2.79. The number of alkyl halides is 3. The zero-order valence-electron chi connectivity index (χ0n) is 11.6. The van der Waals surface area contributed by atoms with Gasteiger partial charge in [0.15, 0.2) is 0 Å². The van der Waals surface area contributed by atoms with Gasteiger partial charge in [-0.25, -0.2) is 0 Å². The molecule has 4 nitrogen and oxygen atoms in total. The van der Waals surface area contributed by atoms with E-state index in [0.717, 1.165) is 10.5 Å². The standard InChI is InChI=1S/C13H18F3N3O/c1-8(2)19(7-13(14,15)16)12(20)10-6-9(3)4-5-11(10)18-17/h4-6,8,18H,7,17H2,1-3H3. The maximum atomic E-state index is 12.6. The van der Waals surface area contributed by atoms with Crippen LogP contribution in [0, 0.1) is 6.92 Å². The lowest BCUT2D eigenvalue weighted by Gasteiger charge is -2.28. The summed E-state index contributed by atoms with van der Waals surface area (Å²) in [6.07, 6.45) is -4.44. The predicted octanol–water partition coefficient (Wildman–Crippen LogP) is 2.69. The number of aryl methyl sites for hydroxylation is 1. The number of nitrogens with two attached hydrogens (primary N) is 1. The first kappa shape index (κ1) is 16.3. The molecule has 1 rings (SSSR count). The van der Waals surface area contributed by atoms with Crippen molar-refractivity contribution in [2.75, 3.05) is 12.0 Å². The average Bonchev–Trinajstić information content (AvgIpc) is 2.33. The fourth-order valence-corrected chi connectivity index (χ4v) is 1.80. The third-order valence-corrected chi connectivity index (χ3v) is 2.79. The van der Waals surface area contributed by atoms with Crippen molar-refractivity contribution in [1.29, 1.82) is 0 Å². The number of amides is 1. The predicted molar refractivity (Wildman–Crippen MR) is 71.2 cm³/mol. The lowest BCUT2D eigenvalue weighted by atomic mass is 10.1. The van der Waals surface area contributed by atoms with Gasteiger partial charge in [-0.1, -0.05) is 11.6 Å². The molecule has 0 aliphatic heterocycles. The van der Waals surface area contributed by atoms with Crippen molar-refractivity contribution in [3.8, 4) is 0 Å². The van der Waals surface area contributed by atoms with Gasteiger partial charge in [-0.15, -0.1) is 0 Å². The van der Waals surface area contributed by atoms with Crippen LogP contribution in [-0.2, 0) is 0 Å². The van der Waals surface area contributed by atoms with Crippen molar-refractivity contribution in [2.45, 2.75) is 33.0 Å². The highest BCUT2D eigenvalue weighted by Crippen LogP contribution is 2.23. The summed E-state index contributed by atoms with van der Waals surface area (Å²) in [5.74, 6) is 4.60. The van der Waals surface area contributed by atoms with Crippen LogP contribution >= 0.6 is 0 Å². The molecule has 1 aromatic rings. The van der Waals surface area contributed by atoms with Crippen LogP contribution in [-0.4, -0.2) is 29.6 Å². The van der Waals surface area contributed by atoms with Gasteiger partial charge in [-0.2, -0.15) is 13.2 Å². The second-order valence-electron chi connectivity index (χ2n) is 4.84. The number of halogens is 3. The number of anilines is 1. The highest BCUT2D eigenvalue weighted by Gasteiger charge is 2.35. The molecule has 0 radical (unpaired) electrons. The van der Waals surface area contributed by atoms with E-state index in [9.17, 15) is 18.0 Å². The molecule has 1 aromatic carbocycles. The van der Waals surface area contributed by atoms with E-state index in [1.165, 1.54) is 19.9 Å². The Labute approximate surface area is 115 Å². The highest BCUT2D eigenvalue weighted by molar-refractivity contribution is 6.00. The number of nitrogens with zero attached hydrogens (tertiary/aromatic N) is 1. The van der Waals surface area contributed by atoms with E-state index in [1.807, 2.05) is 0 Å². The maximum absolute atomic E-state index is 12.6. The van der Waals surface area contributed by atoms with Gasteiger partial charge < -0.3 is 10.3 Å². The Bertz CT molecular complexity index is 486. The molecule has 0 spiro atoms. The van der Waals surface area contributed by atoms with Crippen molar-refractivity contribution in [3.05, 3.63) is 29.3 Å². The van der Waals surface area contributed by atoms with E-state index in [1.54, 1.807) is 19.1 Å². The van der Waals surface area contributed by atoms with Crippen LogP contribution in [0.5, 0.6) is 0 Å². The second-order valence-corrected chi connectivity index (χ2v) is 4.84. The van der Waals surface area contributed by atoms with Crippen molar-refractivity contribution >= 4 is 11.6 Å². The first-order chi connectivity index (χ1) is 9.15. The first-order valence-electron chi connectivity index (χ1n) is 6.10. The normalized spacial score (nSPS) is 11.6. The molecule has 0 atom stereocenters. The van der Waals surface area contributed by atoms with E-state index >= 15 is 0 Å². The summed E-state index contributed by atoms with van der Waals surface area (Å²) in [6, 6.07) is 4.23. The van der Waals surface area contributed by atoms with Crippen LogP contribution in [0.3, 0.4) is 0 Å². The van der Waals surface area contributed by atoms with Gasteiger partial charge >= 0.3 is 6.18 Å². The molecule has 0 bridgehead atoms. The molecule has 0 unspecified atom stereocenters. The Balaban J connectivity index is 3.16. The Morgan fingerprint density at radius 2 is 2.00 bits per heavy atom. The van der Waals surface area contributed by atoms with Gasteiger partial charge in [0, 0.05) is 6.04 Å². The van der Waals surface area contributed by atoms with Crippen LogP contribution in [0.1, 0.15) is 29.8 Å². The largest absolute Gasteiger partial charge is 0.406 e. The zero-order chi connectivity index (χ0) is 15.5. The van der Waals surface area contributed by atoms with Crippen LogP contribution in [0.15, 0.2) is 18.2 Å². The third kappa shape index (κ3) is 4.12. The van der Waals surface area contributed by atoms with Crippen LogP contribution in [0.4, 0.5) is 18.9 Å². The minimum absolute atomic E-state index is 0.130. The second kappa shape index (κ2) is 6.13. The number of nitrogen functional groups attached to an aromatic ring is 1. The molecular formula is C13H18F3N3O. The SMILES string of the molecule is Cc1ccc(NN)c(C(=O)N(CC(F)(F)F)C(C)C)c1. The number of hydrazine groups is 1. The van der Waals surface area contributed by atoms with Gasteiger partial charge in [-0.3, -0.25) is 10.6 Å². The fourth-order valence-electron chi connectivity index (χ4n) is 1.80. The van der Waals surface area contributed by atoms with Crippen LogP contribution < -0.4 is 11.3 Å². The Morgan fingerprint density at radius 3 is 2.45 bits per heavy atom. The molecule has 7 heteroatoms. The van der Waals surface area contributed by atoms with Crippen molar-refractivity contribution in [2.24, 2.45) is 5.84 Å². The van der Waals surface area contributed by atoms with Gasteiger partial charge in [0.2, 0.25) is 0 Å². The number of carbonyl (C=O) groups is 1. The van der Waals surface area contributed by atoms with Crippen LogP contribution in [0.25, 0.3) is 0 Å². The van der Waals surface area contributed by atoms with Crippen LogP contribution in [0.2, 0.25) is 0 Å². The quantitative estimate of drug-likeness (QED) is 0.662.